The number of piperidine rings is 1. The molecule has 0 bridgehead atoms. The molecule has 1 aliphatic carbocycles. The first kappa shape index (κ1) is 16.7. The van der Waals surface area contributed by atoms with Crippen molar-refractivity contribution in [3.05, 3.63) is 0 Å². The van der Waals surface area contributed by atoms with Crippen molar-refractivity contribution >= 4 is 5.91 Å². The molecule has 5 heteroatoms. The minimum absolute atomic E-state index is 0.202. The SMILES string of the molecule is CN(CCCN)C(=O)CCN1CCC2(O)CCCCC2C1. The van der Waals surface area contributed by atoms with E-state index in [1.54, 1.807) is 4.90 Å². The van der Waals surface area contributed by atoms with Gasteiger partial charge in [-0.15, -0.1) is 0 Å². The van der Waals surface area contributed by atoms with E-state index in [1.807, 2.05) is 7.05 Å². The summed E-state index contributed by atoms with van der Waals surface area (Å²) in [5, 5.41) is 10.7. The molecule has 1 saturated carbocycles. The lowest BCUT2D eigenvalue weighted by Gasteiger charge is -2.47. The van der Waals surface area contributed by atoms with Gasteiger partial charge in [-0.05, 0) is 32.2 Å². The van der Waals surface area contributed by atoms with Gasteiger partial charge < -0.3 is 20.6 Å². The fourth-order valence-electron chi connectivity index (χ4n) is 3.74. The fourth-order valence-corrected chi connectivity index (χ4v) is 3.74. The zero-order valence-corrected chi connectivity index (χ0v) is 13.4. The Balaban J connectivity index is 1.73. The van der Waals surface area contributed by atoms with Gasteiger partial charge in [0.2, 0.25) is 5.91 Å². The predicted molar refractivity (Wildman–Crippen MR) is 83.9 cm³/mol. The lowest BCUT2D eigenvalue weighted by molar-refractivity contribution is -0.131. The molecule has 2 aliphatic rings. The summed E-state index contributed by atoms with van der Waals surface area (Å²) in [6, 6.07) is 0. The van der Waals surface area contributed by atoms with Crippen LogP contribution in [0.4, 0.5) is 0 Å². The van der Waals surface area contributed by atoms with E-state index in [1.165, 1.54) is 6.42 Å². The molecular formula is C16H31N3O2. The number of hydrogen-bond donors (Lipinski definition) is 2. The number of amides is 1. The first-order valence-electron chi connectivity index (χ1n) is 8.44. The average Bonchev–Trinajstić information content (AvgIpc) is 2.49. The summed E-state index contributed by atoms with van der Waals surface area (Å²) in [4.78, 5) is 16.2. The van der Waals surface area contributed by atoms with Crippen LogP contribution in [0.5, 0.6) is 0 Å². The number of hydrogen-bond acceptors (Lipinski definition) is 4. The number of likely N-dealkylation sites (tertiary alicyclic amines) is 1. The lowest BCUT2D eigenvalue weighted by Crippen LogP contribution is -2.53. The highest BCUT2D eigenvalue weighted by Gasteiger charge is 2.42. The molecule has 5 nitrogen and oxygen atoms in total. The van der Waals surface area contributed by atoms with Crippen molar-refractivity contribution in [2.75, 3.05) is 39.8 Å². The number of rotatable bonds is 6. The second-order valence-corrected chi connectivity index (χ2v) is 6.80. The number of nitrogens with two attached hydrogens (primary N) is 1. The summed E-state index contributed by atoms with van der Waals surface area (Å²) in [7, 11) is 1.86. The Morgan fingerprint density at radius 2 is 2.24 bits per heavy atom. The molecule has 0 aromatic carbocycles. The minimum atomic E-state index is -0.420. The van der Waals surface area contributed by atoms with Crippen LogP contribution in [0.25, 0.3) is 0 Å². The second-order valence-electron chi connectivity index (χ2n) is 6.80. The maximum atomic E-state index is 12.0. The van der Waals surface area contributed by atoms with Gasteiger partial charge in [0.15, 0.2) is 0 Å². The van der Waals surface area contributed by atoms with Crippen molar-refractivity contribution in [3.63, 3.8) is 0 Å². The first-order valence-corrected chi connectivity index (χ1v) is 8.44. The molecule has 122 valence electrons. The van der Waals surface area contributed by atoms with E-state index < -0.39 is 5.60 Å². The van der Waals surface area contributed by atoms with Crippen LogP contribution in [0.1, 0.15) is 44.9 Å². The molecule has 2 unspecified atom stereocenters. The van der Waals surface area contributed by atoms with Crippen molar-refractivity contribution in [3.8, 4) is 0 Å². The molecule has 0 spiro atoms. The summed E-state index contributed by atoms with van der Waals surface area (Å²) in [5.74, 6) is 0.609. The van der Waals surface area contributed by atoms with Crippen LogP contribution in [0, 0.1) is 5.92 Å². The van der Waals surface area contributed by atoms with Crippen molar-refractivity contribution < 1.29 is 9.90 Å². The van der Waals surface area contributed by atoms with Crippen LogP contribution in [-0.4, -0.2) is 66.2 Å². The van der Waals surface area contributed by atoms with Gasteiger partial charge in [-0.3, -0.25) is 4.79 Å². The molecule has 0 aromatic heterocycles. The monoisotopic (exact) mass is 297 g/mol. The standard InChI is InChI=1S/C16H31N3O2/c1-18(10-4-9-17)15(20)6-11-19-12-8-16(21)7-3-2-5-14(16)13-19/h14,21H,2-13,17H2,1H3. The quantitative estimate of drug-likeness (QED) is 0.761. The van der Waals surface area contributed by atoms with Gasteiger partial charge in [-0.25, -0.2) is 0 Å². The third-order valence-electron chi connectivity index (χ3n) is 5.28. The molecule has 21 heavy (non-hydrogen) atoms. The molecule has 0 aromatic rings. The normalized spacial score (nSPS) is 30.0. The number of carbonyl (C=O) groups excluding carboxylic acids is 1. The fraction of sp³-hybridized carbons (Fsp3) is 0.938. The highest BCUT2D eigenvalue weighted by Crippen LogP contribution is 2.39. The third kappa shape index (κ3) is 4.41. The van der Waals surface area contributed by atoms with Crippen molar-refractivity contribution in [1.82, 2.24) is 9.80 Å². The largest absolute Gasteiger partial charge is 0.390 e. The molecule has 1 saturated heterocycles. The number of fused-ring (bicyclic) bond motifs is 1. The molecule has 1 heterocycles. The van der Waals surface area contributed by atoms with E-state index in [0.717, 1.165) is 58.3 Å². The van der Waals surface area contributed by atoms with Crippen LogP contribution in [-0.2, 0) is 4.79 Å². The number of nitrogens with zero attached hydrogens (tertiary/aromatic N) is 2. The van der Waals surface area contributed by atoms with Crippen LogP contribution in [0.3, 0.4) is 0 Å². The lowest BCUT2D eigenvalue weighted by atomic mass is 9.71. The zero-order chi connectivity index (χ0) is 15.3. The Morgan fingerprint density at radius 3 is 3.00 bits per heavy atom. The number of aliphatic hydroxyl groups is 1. The van der Waals surface area contributed by atoms with Gasteiger partial charge in [0.25, 0.3) is 0 Å². The molecular weight excluding hydrogens is 266 g/mol. The Hall–Kier alpha value is -0.650. The minimum Gasteiger partial charge on any atom is -0.390 e. The maximum Gasteiger partial charge on any atom is 0.223 e. The molecule has 2 fully saturated rings. The molecule has 0 radical (unpaired) electrons. The maximum absolute atomic E-state index is 12.0. The van der Waals surface area contributed by atoms with Crippen LogP contribution >= 0.6 is 0 Å². The van der Waals surface area contributed by atoms with Gasteiger partial charge in [0.05, 0.1) is 5.60 Å². The van der Waals surface area contributed by atoms with Crippen molar-refractivity contribution in [1.29, 1.82) is 0 Å². The Labute approximate surface area is 128 Å². The van der Waals surface area contributed by atoms with Gasteiger partial charge in [-0.1, -0.05) is 12.8 Å². The number of carbonyl (C=O) groups is 1. The third-order valence-corrected chi connectivity index (χ3v) is 5.28. The summed E-state index contributed by atoms with van der Waals surface area (Å²) in [5.41, 5.74) is 5.05. The van der Waals surface area contributed by atoms with Crippen LogP contribution in [0.15, 0.2) is 0 Å². The van der Waals surface area contributed by atoms with E-state index in [-0.39, 0.29) is 5.91 Å². The highest BCUT2D eigenvalue weighted by atomic mass is 16.3. The average molecular weight is 297 g/mol. The van der Waals surface area contributed by atoms with E-state index in [0.29, 0.717) is 18.9 Å². The zero-order valence-electron chi connectivity index (χ0n) is 13.4. The first-order chi connectivity index (χ1) is 10.0. The Kier molecular flexibility index (Phi) is 6.02. The predicted octanol–water partition coefficient (Wildman–Crippen LogP) is 0.811. The summed E-state index contributed by atoms with van der Waals surface area (Å²) >= 11 is 0. The van der Waals surface area contributed by atoms with Gasteiger partial charge in [0, 0.05) is 45.6 Å². The van der Waals surface area contributed by atoms with Gasteiger partial charge >= 0.3 is 0 Å². The van der Waals surface area contributed by atoms with Crippen LogP contribution < -0.4 is 5.73 Å². The Morgan fingerprint density at radius 1 is 1.43 bits per heavy atom. The molecule has 2 rings (SSSR count). The molecule has 3 N–H and O–H groups in total. The Bertz CT molecular complexity index is 350. The van der Waals surface area contributed by atoms with E-state index in [2.05, 4.69) is 4.90 Å². The summed E-state index contributed by atoms with van der Waals surface area (Å²) in [6.07, 6.45) is 6.81. The van der Waals surface area contributed by atoms with Gasteiger partial charge in [0.1, 0.15) is 0 Å². The second kappa shape index (κ2) is 7.56. The molecule has 1 amide bonds. The van der Waals surface area contributed by atoms with E-state index in [4.69, 9.17) is 5.73 Å². The smallest absolute Gasteiger partial charge is 0.223 e. The van der Waals surface area contributed by atoms with E-state index >= 15 is 0 Å². The van der Waals surface area contributed by atoms with Gasteiger partial charge in [-0.2, -0.15) is 0 Å². The molecule has 2 atom stereocenters. The molecule has 1 aliphatic heterocycles. The topological polar surface area (TPSA) is 69.8 Å². The van der Waals surface area contributed by atoms with Crippen molar-refractivity contribution in [2.45, 2.75) is 50.5 Å². The van der Waals surface area contributed by atoms with Crippen molar-refractivity contribution in [2.24, 2.45) is 11.7 Å². The summed E-state index contributed by atoms with van der Waals surface area (Å²) < 4.78 is 0. The highest BCUT2D eigenvalue weighted by molar-refractivity contribution is 5.76. The van der Waals surface area contributed by atoms with E-state index in [9.17, 15) is 9.90 Å². The summed E-state index contributed by atoms with van der Waals surface area (Å²) in [6.45, 7) is 4.07. The van der Waals surface area contributed by atoms with Crippen LogP contribution in [0.2, 0.25) is 0 Å².